The second kappa shape index (κ2) is 5.01. The summed E-state index contributed by atoms with van der Waals surface area (Å²) in [5, 5.41) is 0. The summed E-state index contributed by atoms with van der Waals surface area (Å²) in [7, 11) is -2.84. The molecule has 5 nitrogen and oxygen atoms in total. The van der Waals surface area contributed by atoms with Crippen LogP contribution in [0.5, 0.6) is 0 Å². The lowest BCUT2D eigenvalue weighted by Crippen LogP contribution is -2.25. The first-order chi connectivity index (χ1) is 9.55. The van der Waals surface area contributed by atoms with E-state index < -0.39 is 9.84 Å². The average molecular weight is 291 g/mol. The summed E-state index contributed by atoms with van der Waals surface area (Å²) in [5.74, 6) is 1.34. The summed E-state index contributed by atoms with van der Waals surface area (Å²) in [6.45, 7) is 1.95. The minimum absolute atomic E-state index is 0.193. The summed E-state index contributed by atoms with van der Waals surface area (Å²) in [6.07, 6.45) is 4.97. The highest BCUT2D eigenvalue weighted by atomic mass is 32.2. The van der Waals surface area contributed by atoms with E-state index in [-0.39, 0.29) is 17.5 Å². The van der Waals surface area contributed by atoms with Crippen LogP contribution in [-0.4, -0.2) is 34.5 Å². The van der Waals surface area contributed by atoms with E-state index in [4.69, 9.17) is 0 Å². The van der Waals surface area contributed by atoms with Crippen LogP contribution in [0.1, 0.15) is 24.6 Å². The Kier molecular flexibility index (Phi) is 3.33. The molecule has 1 saturated heterocycles. The van der Waals surface area contributed by atoms with Gasteiger partial charge in [0, 0.05) is 24.1 Å². The van der Waals surface area contributed by atoms with Gasteiger partial charge in [-0.15, -0.1) is 0 Å². The molecule has 6 heteroatoms. The molecular formula is C14H17N3O2S. The van der Waals surface area contributed by atoms with Gasteiger partial charge in [0.1, 0.15) is 15.5 Å². The lowest BCUT2D eigenvalue weighted by Gasteiger charge is -2.24. The fourth-order valence-corrected chi connectivity index (χ4v) is 4.10. The van der Waals surface area contributed by atoms with Gasteiger partial charge in [0.05, 0.1) is 11.5 Å². The maximum absolute atomic E-state index is 11.5. The molecule has 1 aliphatic heterocycles. The monoisotopic (exact) mass is 291 g/mol. The molecular weight excluding hydrogens is 274 g/mol. The lowest BCUT2D eigenvalue weighted by atomic mass is 10.1. The first-order valence-electron chi connectivity index (χ1n) is 6.72. The van der Waals surface area contributed by atoms with Crippen molar-refractivity contribution in [2.75, 3.05) is 11.5 Å². The molecule has 0 spiro atoms. The highest BCUT2D eigenvalue weighted by Crippen LogP contribution is 2.28. The fourth-order valence-electron chi connectivity index (χ4n) is 2.63. The SMILES string of the molecule is Cc1cccc(-c2nccn2C2CCS(=O)(=O)CC2)n1. The molecule has 0 aliphatic carbocycles. The zero-order chi connectivity index (χ0) is 14.2. The highest BCUT2D eigenvalue weighted by Gasteiger charge is 2.26. The first-order valence-corrected chi connectivity index (χ1v) is 8.54. The van der Waals surface area contributed by atoms with Crippen LogP contribution in [0.25, 0.3) is 11.5 Å². The van der Waals surface area contributed by atoms with E-state index in [0.29, 0.717) is 12.8 Å². The van der Waals surface area contributed by atoms with Gasteiger partial charge in [-0.05, 0) is 31.9 Å². The molecule has 0 bridgehead atoms. The molecule has 1 fully saturated rings. The molecule has 0 atom stereocenters. The van der Waals surface area contributed by atoms with E-state index in [1.54, 1.807) is 6.20 Å². The van der Waals surface area contributed by atoms with Crippen molar-refractivity contribution in [3.8, 4) is 11.5 Å². The Morgan fingerprint density at radius 3 is 2.70 bits per heavy atom. The standard InChI is InChI=1S/C14H17N3O2S/c1-11-3-2-4-13(16-11)14-15-7-8-17(14)12-5-9-20(18,19)10-6-12/h2-4,7-8,12H,5-6,9-10H2,1H3. The third kappa shape index (κ3) is 2.60. The van der Waals surface area contributed by atoms with Crippen LogP contribution >= 0.6 is 0 Å². The number of hydrogen-bond donors (Lipinski definition) is 0. The zero-order valence-corrected chi connectivity index (χ0v) is 12.2. The molecule has 2 aromatic heterocycles. The van der Waals surface area contributed by atoms with Crippen molar-refractivity contribution in [3.63, 3.8) is 0 Å². The molecule has 0 aromatic carbocycles. The molecule has 20 heavy (non-hydrogen) atoms. The van der Waals surface area contributed by atoms with Crippen LogP contribution in [0.15, 0.2) is 30.6 Å². The van der Waals surface area contributed by atoms with Crippen LogP contribution in [0.2, 0.25) is 0 Å². The van der Waals surface area contributed by atoms with Gasteiger partial charge in [0.2, 0.25) is 0 Å². The molecule has 2 aromatic rings. The maximum Gasteiger partial charge on any atom is 0.158 e. The Morgan fingerprint density at radius 2 is 2.00 bits per heavy atom. The molecule has 106 valence electrons. The largest absolute Gasteiger partial charge is 0.327 e. The van der Waals surface area contributed by atoms with Crippen LogP contribution < -0.4 is 0 Å². The van der Waals surface area contributed by atoms with Gasteiger partial charge in [-0.3, -0.25) is 0 Å². The third-order valence-corrected chi connectivity index (χ3v) is 5.42. The number of hydrogen-bond acceptors (Lipinski definition) is 4. The van der Waals surface area contributed by atoms with Gasteiger partial charge in [-0.25, -0.2) is 18.4 Å². The molecule has 3 rings (SSSR count). The number of sulfone groups is 1. The minimum Gasteiger partial charge on any atom is -0.327 e. The van der Waals surface area contributed by atoms with Crippen molar-refractivity contribution in [2.24, 2.45) is 0 Å². The summed E-state index contributed by atoms with van der Waals surface area (Å²) in [5.41, 5.74) is 1.78. The van der Waals surface area contributed by atoms with Crippen molar-refractivity contribution >= 4 is 9.84 Å². The molecule has 0 saturated carbocycles. The van der Waals surface area contributed by atoms with Crippen molar-refractivity contribution in [1.29, 1.82) is 0 Å². The molecule has 3 heterocycles. The number of pyridine rings is 1. The molecule has 0 N–H and O–H groups in total. The highest BCUT2D eigenvalue weighted by molar-refractivity contribution is 7.91. The third-order valence-electron chi connectivity index (χ3n) is 3.70. The summed E-state index contributed by atoms with van der Waals surface area (Å²) >= 11 is 0. The topological polar surface area (TPSA) is 64.8 Å². The smallest absolute Gasteiger partial charge is 0.158 e. The molecule has 1 aliphatic rings. The minimum atomic E-state index is -2.84. The Morgan fingerprint density at radius 1 is 1.25 bits per heavy atom. The van der Waals surface area contributed by atoms with Crippen LogP contribution in [0.4, 0.5) is 0 Å². The van der Waals surface area contributed by atoms with Gasteiger partial charge >= 0.3 is 0 Å². The van der Waals surface area contributed by atoms with E-state index >= 15 is 0 Å². The Labute approximate surface area is 118 Å². The quantitative estimate of drug-likeness (QED) is 0.849. The predicted molar refractivity (Wildman–Crippen MR) is 77.1 cm³/mol. The van der Waals surface area contributed by atoms with Crippen LogP contribution in [0, 0.1) is 6.92 Å². The number of nitrogens with zero attached hydrogens (tertiary/aromatic N) is 3. The average Bonchev–Trinajstić information content (AvgIpc) is 2.88. The van der Waals surface area contributed by atoms with Crippen LogP contribution in [0.3, 0.4) is 0 Å². The predicted octanol–water partition coefficient (Wildman–Crippen LogP) is 2.00. The van der Waals surface area contributed by atoms with Crippen molar-refractivity contribution in [1.82, 2.24) is 14.5 Å². The summed E-state index contributed by atoms with van der Waals surface area (Å²) in [6, 6.07) is 6.04. The lowest BCUT2D eigenvalue weighted by molar-refractivity contribution is 0.453. The number of aryl methyl sites for hydroxylation is 1. The van der Waals surface area contributed by atoms with E-state index in [0.717, 1.165) is 17.2 Å². The van der Waals surface area contributed by atoms with E-state index in [2.05, 4.69) is 14.5 Å². The van der Waals surface area contributed by atoms with Gasteiger partial charge in [-0.2, -0.15) is 0 Å². The van der Waals surface area contributed by atoms with Crippen molar-refractivity contribution < 1.29 is 8.42 Å². The zero-order valence-electron chi connectivity index (χ0n) is 11.4. The fraction of sp³-hybridized carbons (Fsp3) is 0.429. The summed E-state index contributed by atoms with van der Waals surface area (Å²) in [4.78, 5) is 8.89. The van der Waals surface area contributed by atoms with Gasteiger partial charge in [0.25, 0.3) is 0 Å². The second-order valence-corrected chi connectivity index (χ2v) is 7.51. The molecule has 0 amide bonds. The Balaban J connectivity index is 1.91. The number of imidazole rings is 1. The first kappa shape index (κ1) is 13.3. The van der Waals surface area contributed by atoms with E-state index in [9.17, 15) is 8.42 Å². The second-order valence-electron chi connectivity index (χ2n) is 5.21. The summed E-state index contributed by atoms with van der Waals surface area (Å²) < 4.78 is 25.1. The van der Waals surface area contributed by atoms with Gasteiger partial charge in [0.15, 0.2) is 5.82 Å². The van der Waals surface area contributed by atoms with Crippen LogP contribution in [-0.2, 0) is 9.84 Å². The van der Waals surface area contributed by atoms with Gasteiger partial charge < -0.3 is 4.57 Å². The van der Waals surface area contributed by atoms with E-state index in [1.807, 2.05) is 31.3 Å². The maximum atomic E-state index is 11.5. The molecule has 0 radical (unpaired) electrons. The van der Waals surface area contributed by atoms with Crippen molar-refractivity contribution in [2.45, 2.75) is 25.8 Å². The Bertz CT molecular complexity index is 708. The van der Waals surface area contributed by atoms with Gasteiger partial charge in [-0.1, -0.05) is 6.07 Å². The number of aromatic nitrogens is 3. The van der Waals surface area contributed by atoms with Crippen molar-refractivity contribution in [3.05, 3.63) is 36.3 Å². The number of rotatable bonds is 2. The van der Waals surface area contributed by atoms with E-state index in [1.165, 1.54) is 0 Å². The normalized spacial score (nSPS) is 19.1. The molecule has 0 unspecified atom stereocenters. The Hall–Kier alpha value is -1.69.